The molecule has 0 aliphatic carbocycles. The van der Waals surface area contributed by atoms with E-state index >= 15 is 0 Å². The molecule has 0 amide bonds. The van der Waals surface area contributed by atoms with Crippen molar-refractivity contribution in [2.75, 3.05) is 5.32 Å². The molecule has 3 nitrogen and oxygen atoms in total. The number of halogens is 3. The van der Waals surface area contributed by atoms with Crippen molar-refractivity contribution in [3.63, 3.8) is 0 Å². The Kier molecular flexibility index (Phi) is 4.37. The molecule has 6 heteroatoms. The van der Waals surface area contributed by atoms with Crippen LogP contribution in [0.1, 0.15) is 16.7 Å². The third-order valence-corrected chi connectivity index (χ3v) is 3.43. The van der Waals surface area contributed by atoms with Gasteiger partial charge in [-0.1, -0.05) is 12.1 Å². The Morgan fingerprint density at radius 1 is 1.32 bits per heavy atom. The van der Waals surface area contributed by atoms with Crippen LogP contribution in [0.15, 0.2) is 22.8 Å². The quantitative estimate of drug-likeness (QED) is 0.845. The fourth-order valence-corrected chi connectivity index (χ4v) is 2.26. The normalized spacial score (nSPS) is 10.6. The molecular formula is C13H12BrClFN3. The first kappa shape index (κ1) is 14.2. The van der Waals surface area contributed by atoms with Gasteiger partial charge >= 0.3 is 0 Å². The summed E-state index contributed by atoms with van der Waals surface area (Å²) in [6.45, 7) is 4.04. The molecule has 2 aromatic rings. The monoisotopic (exact) mass is 343 g/mol. The molecule has 1 heterocycles. The van der Waals surface area contributed by atoms with E-state index in [1.807, 2.05) is 12.1 Å². The predicted molar refractivity (Wildman–Crippen MR) is 77.9 cm³/mol. The van der Waals surface area contributed by atoms with E-state index < -0.39 is 0 Å². The Hall–Kier alpha value is -1.20. The molecule has 0 unspecified atom stereocenters. The number of anilines is 1. The molecular weight excluding hydrogens is 333 g/mol. The first-order valence-electron chi connectivity index (χ1n) is 5.65. The minimum absolute atomic E-state index is 0.157. The molecule has 0 aliphatic heterocycles. The molecule has 19 heavy (non-hydrogen) atoms. The van der Waals surface area contributed by atoms with Gasteiger partial charge < -0.3 is 5.32 Å². The van der Waals surface area contributed by atoms with E-state index in [9.17, 15) is 4.39 Å². The number of aryl methyl sites for hydroxylation is 2. The van der Waals surface area contributed by atoms with Crippen LogP contribution in [0, 0.1) is 19.7 Å². The van der Waals surface area contributed by atoms with Gasteiger partial charge in [-0.3, -0.25) is 0 Å². The van der Waals surface area contributed by atoms with E-state index in [-0.39, 0.29) is 11.1 Å². The first-order valence-corrected chi connectivity index (χ1v) is 6.82. The summed E-state index contributed by atoms with van der Waals surface area (Å²) in [5.74, 6) is 0.453. The summed E-state index contributed by atoms with van der Waals surface area (Å²) in [7, 11) is 0. The largest absolute Gasteiger partial charge is 0.365 e. The van der Waals surface area contributed by atoms with Crippen LogP contribution in [0.2, 0.25) is 5.28 Å². The van der Waals surface area contributed by atoms with Gasteiger partial charge in [0.2, 0.25) is 5.28 Å². The number of benzene rings is 1. The highest BCUT2D eigenvalue weighted by molar-refractivity contribution is 9.10. The molecule has 0 aliphatic rings. The average Bonchev–Trinajstić information content (AvgIpc) is 2.37. The lowest BCUT2D eigenvalue weighted by Gasteiger charge is -2.10. The molecule has 0 spiro atoms. The van der Waals surface area contributed by atoms with Crippen molar-refractivity contribution >= 4 is 33.3 Å². The van der Waals surface area contributed by atoms with Crippen molar-refractivity contribution in [3.8, 4) is 0 Å². The molecule has 0 bridgehead atoms. The zero-order valence-corrected chi connectivity index (χ0v) is 12.8. The second-order valence-electron chi connectivity index (χ2n) is 4.23. The van der Waals surface area contributed by atoms with Gasteiger partial charge in [-0.05, 0) is 58.1 Å². The Bertz CT molecular complexity index is 596. The van der Waals surface area contributed by atoms with Gasteiger partial charge in [0.15, 0.2) is 0 Å². The molecule has 0 atom stereocenters. The zero-order valence-electron chi connectivity index (χ0n) is 10.5. The Balaban J connectivity index is 2.17. The number of rotatable bonds is 3. The molecule has 1 aromatic carbocycles. The third-order valence-electron chi connectivity index (χ3n) is 2.67. The van der Waals surface area contributed by atoms with E-state index in [2.05, 4.69) is 31.2 Å². The van der Waals surface area contributed by atoms with Crippen molar-refractivity contribution in [2.45, 2.75) is 20.4 Å². The van der Waals surface area contributed by atoms with Gasteiger partial charge in [-0.2, -0.15) is 4.98 Å². The van der Waals surface area contributed by atoms with Gasteiger partial charge in [0.1, 0.15) is 11.6 Å². The van der Waals surface area contributed by atoms with E-state index in [1.165, 1.54) is 0 Å². The molecule has 0 saturated heterocycles. The number of hydrogen-bond donors (Lipinski definition) is 1. The number of hydrogen-bond acceptors (Lipinski definition) is 3. The lowest BCUT2D eigenvalue weighted by molar-refractivity contribution is 0.608. The fourth-order valence-electron chi connectivity index (χ4n) is 1.79. The van der Waals surface area contributed by atoms with Gasteiger partial charge in [-0.15, -0.1) is 0 Å². The lowest BCUT2D eigenvalue weighted by atomic mass is 10.1. The van der Waals surface area contributed by atoms with E-state index in [0.717, 1.165) is 10.0 Å². The van der Waals surface area contributed by atoms with Crippen molar-refractivity contribution in [1.82, 2.24) is 9.97 Å². The van der Waals surface area contributed by atoms with E-state index in [4.69, 9.17) is 11.6 Å². The Morgan fingerprint density at radius 2 is 1.95 bits per heavy atom. The third kappa shape index (κ3) is 3.42. The van der Waals surface area contributed by atoms with Crippen molar-refractivity contribution in [2.24, 2.45) is 0 Å². The maximum atomic E-state index is 13.5. The molecule has 0 fully saturated rings. The Morgan fingerprint density at radius 3 is 2.58 bits per heavy atom. The maximum Gasteiger partial charge on any atom is 0.224 e. The summed E-state index contributed by atoms with van der Waals surface area (Å²) in [5.41, 5.74) is 2.26. The van der Waals surface area contributed by atoms with Gasteiger partial charge in [0, 0.05) is 12.7 Å². The van der Waals surface area contributed by atoms with Gasteiger partial charge in [0.25, 0.3) is 0 Å². The van der Waals surface area contributed by atoms with Crippen LogP contribution in [0.25, 0.3) is 0 Å². The molecule has 100 valence electrons. The van der Waals surface area contributed by atoms with Crippen LogP contribution >= 0.6 is 27.5 Å². The zero-order chi connectivity index (χ0) is 14.0. The van der Waals surface area contributed by atoms with Gasteiger partial charge in [-0.25, -0.2) is 9.37 Å². The van der Waals surface area contributed by atoms with Crippen LogP contribution < -0.4 is 5.32 Å². The lowest BCUT2D eigenvalue weighted by Crippen LogP contribution is -2.04. The topological polar surface area (TPSA) is 37.8 Å². The highest BCUT2D eigenvalue weighted by Gasteiger charge is 2.06. The van der Waals surface area contributed by atoms with Crippen LogP contribution in [0.4, 0.5) is 10.2 Å². The summed E-state index contributed by atoms with van der Waals surface area (Å²) in [6, 6.07) is 3.62. The van der Waals surface area contributed by atoms with Crippen LogP contribution in [-0.4, -0.2) is 9.97 Å². The highest BCUT2D eigenvalue weighted by Crippen LogP contribution is 2.21. The number of nitrogens with one attached hydrogen (secondary N) is 1. The fraction of sp³-hybridized carbons (Fsp3) is 0.231. The summed E-state index contributed by atoms with van der Waals surface area (Å²) >= 11 is 9.08. The van der Waals surface area contributed by atoms with Crippen LogP contribution in [-0.2, 0) is 6.54 Å². The standard InChI is InChI=1S/C13H12BrClFN3/c1-7-3-9(4-8(2)11(7)16)5-17-12-10(14)6-18-13(15)19-12/h3-4,6H,5H2,1-2H3,(H,17,18,19). The molecule has 0 radical (unpaired) electrons. The van der Waals surface area contributed by atoms with Crippen molar-refractivity contribution in [3.05, 3.63) is 50.6 Å². The number of nitrogens with zero attached hydrogens (tertiary/aromatic N) is 2. The summed E-state index contributed by atoms with van der Waals surface area (Å²) < 4.78 is 14.3. The highest BCUT2D eigenvalue weighted by atomic mass is 79.9. The summed E-state index contributed by atoms with van der Waals surface area (Å²) in [4.78, 5) is 7.92. The molecule has 1 aromatic heterocycles. The van der Waals surface area contributed by atoms with Crippen LogP contribution in [0.3, 0.4) is 0 Å². The second kappa shape index (κ2) is 5.84. The summed E-state index contributed by atoms with van der Waals surface area (Å²) in [6.07, 6.45) is 1.58. The van der Waals surface area contributed by atoms with Gasteiger partial charge in [0.05, 0.1) is 4.47 Å². The van der Waals surface area contributed by atoms with Crippen LogP contribution in [0.5, 0.6) is 0 Å². The van der Waals surface area contributed by atoms with Crippen molar-refractivity contribution < 1.29 is 4.39 Å². The van der Waals surface area contributed by atoms with E-state index in [0.29, 0.717) is 23.5 Å². The molecule has 1 N–H and O–H groups in total. The maximum absolute atomic E-state index is 13.5. The van der Waals surface area contributed by atoms with Crippen molar-refractivity contribution in [1.29, 1.82) is 0 Å². The Labute approximate surface area is 124 Å². The van der Waals surface area contributed by atoms with E-state index in [1.54, 1.807) is 20.0 Å². The second-order valence-corrected chi connectivity index (χ2v) is 5.43. The molecule has 0 saturated carbocycles. The smallest absolute Gasteiger partial charge is 0.224 e. The number of aromatic nitrogens is 2. The minimum Gasteiger partial charge on any atom is -0.365 e. The summed E-state index contributed by atoms with van der Waals surface area (Å²) in [5, 5.41) is 3.32. The first-order chi connectivity index (χ1) is 8.97. The SMILES string of the molecule is Cc1cc(CNc2nc(Cl)ncc2Br)cc(C)c1F. The predicted octanol–water partition coefficient (Wildman–Crippen LogP) is 4.26. The minimum atomic E-state index is -0.157. The average molecular weight is 345 g/mol. The molecule has 2 rings (SSSR count).